The highest BCUT2D eigenvalue weighted by Gasteiger charge is 2.36. The second kappa shape index (κ2) is 10.1. The first-order valence-corrected chi connectivity index (χ1v) is 11.7. The average Bonchev–Trinajstić information content (AvgIpc) is 2.91. The number of ether oxygens (including phenoxy) is 2. The number of methoxy groups -OCH3 is 1. The first-order chi connectivity index (χ1) is 17.5. The van der Waals surface area contributed by atoms with Gasteiger partial charge in [-0.05, 0) is 36.8 Å². The molecule has 3 heterocycles. The highest BCUT2D eigenvalue weighted by Crippen LogP contribution is 2.24. The summed E-state index contributed by atoms with van der Waals surface area (Å²) < 4.78 is 11.0. The molecule has 1 aliphatic heterocycles. The van der Waals surface area contributed by atoms with Crippen molar-refractivity contribution in [3.8, 4) is 5.75 Å². The van der Waals surface area contributed by atoms with Crippen molar-refractivity contribution in [3.63, 3.8) is 0 Å². The lowest BCUT2D eigenvalue weighted by atomic mass is 10.0. The summed E-state index contributed by atoms with van der Waals surface area (Å²) in [6, 6.07) is 16.8. The quantitative estimate of drug-likeness (QED) is 0.388. The fourth-order valence-corrected chi connectivity index (χ4v) is 4.53. The van der Waals surface area contributed by atoms with Crippen molar-refractivity contribution in [1.29, 1.82) is 0 Å². The van der Waals surface area contributed by atoms with Crippen LogP contribution in [0.1, 0.15) is 28.2 Å². The number of hydrogen-bond acceptors (Lipinski definition) is 7. The third-order valence-corrected chi connectivity index (χ3v) is 6.34. The molecule has 0 aliphatic carbocycles. The zero-order chi connectivity index (χ0) is 25.1. The minimum atomic E-state index is -0.715. The Kier molecular flexibility index (Phi) is 6.58. The molecule has 5 rings (SSSR count). The van der Waals surface area contributed by atoms with Crippen LogP contribution in [-0.4, -0.2) is 44.9 Å². The molecule has 0 saturated carbocycles. The van der Waals surface area contributed by atoms with Gasteiger partial charge in [0.2, 0.25) is 5.91 Å². The Labute approximate surface area is 208 Å². The number of pyridine rings is 1. The van der Waals surface area contributed by atoms with E-state index in [0.29, 0.717) is 18.1 Å². The minimum absolute atomic E-state index is 0.150. The smallest absolute Gasteiger partial charge is 0.329 e. The summed E-state index contributed by atoms with van der Waals surface area (Å²) in [5.74, 6) is 0.0794. The van der Waals surface area contributed by atoms with Crippen molar-refractivity contribution in [2.45, 2.75) is 39.0 Å². The fraction of sp³-hybridized carbons (Fsp3) is 0.250. The lowest BCUT2D eigenvalue weighted by molar-refractivity contribution is -0.153. The van der Waals surface area contributed by atoms with Crippen LogP contribution in [0, 0.1) is 6.92 Å². The molecule has 1 atom stereocenters. The lowest BCUT2D eigenvalue weighted by Gasteiger charge is -2.34. The van der Waals surface area contributed by atoms with Gasteiger partial charge in [0.1, 0.15) is 18.4 Å². The molecule has 36 heavy (non-hydrogen) atoms. The number of hydrogen-bond donors (Lipinski definition) is 0. The first-order valence-electron chi connectivity index (χ1n) is 11.7. The van der Waals surface area contributed by atoms with E-state index in [9.17, 15) is 9.59 Å². The number of carbonyl (C=O) groups excluding carboxylic acids is 2. The SMILES string of the molecule is COC(=O)C1Cc2nccnc2CN1C(=O)Cc1ccc(OCc2cc(C)nc3ccccc23)cc1. The summed E-state index contributed by atoms with van der Waals surface area (Å²) in [7, 11) is 1.33. The molecule has 1 unspecified atom stereocenters. The molecule has 1 aliphatic rings. The van der Waals surface area contributed by atoms with E-state index < -0.39 is 12.0 Å². The van der Waals surface area contributed by atoms with E-state index >= 15 is 0 Å². The molecule has 8 nitrogen and oxygen atoms in total. The highest BCUT2D eigenvalue weighted by atomic mass is 16.5. The molecule has 2 aromatic heterocycles. The van der Waals surface area contributed by atoms with Crippen LogP contribution in [0.4, 0.5) is 0 Å². The number of amides is 1. The third kappa shape index (κ3) is 4.88. The largest absolute Gasteiger partial charge is 0.489 e. The summed E-state index contributed by atoms with van der Waals surface area (Å²) in [5, 5.41) is 1.07. The maximum Gasteiger partial charge on any atom is 0.329 e. The number of carbonyl (C=O) groups is 2. The molecule has 0 fully saturated rings. The Morgan fingerprint density at radius 3 is 2.56 bits per heavy atom. The summed E-state index contributed by atoms with van der Waals surface area (Å²) in [6.07, 6.45) is 3.62. The topological polar surface area (TPSA) is 94.5 Å². The zero-order valence-electron chi connectivity index (χ0n) is 20.2. The number of nitrogens with zero attached hydrogens (tertiary/aromatic N) is 4. The standard InChI is InChI=1S/C28H26N4O4/c1-18-13-20(22-5-3-4-6-23(22)31-18)17-36-21-9-7-19(8-10-21)14-27(33)32-16-25-24(29-11-12-30-25)15-26(32)28(34)35-2/h3-13,26H,14-17H2,1-2H3. The van der Waals surface area contributed by atoms with Gasteiger partial charge in [0.15, 0.2) is 0 Å². The molecule has 0 saturated heterocycles. The summed E-state index contributed by atoms with van der Waals surface area (Å²) in [5.41, 5.74) is 5.20. The predicted octanol–water partition coefficient (Wildman–Crippen LogP) is 3.58. The predicted molar refractivity (Wildman–Crippen MR) is 133 cm³/mol. The van der Waals surface area contributed by atoms with E-state index in [-0.39, 0.29) is 25.3 Å². The molecule has 0 N–H and O–H groups in total. The zero-order valence-corrected chi connectivity index (χ0v) is 20.2. The van der Waals surface area contributed by atoms with E-state index in [1.54, 1.807) is 12.4 Å². The van der Waals surface area contributed by atoms with Gasteiger partial charge in [0.25, 0.3) is 0 Å². The summed E-state index contributed by atoms with van der Waals surface area (Å²) in [6.45, 7) is 2.61. The van der Waals surface area contributed by atoms with E-state index in [1.165, 1.54) is 12.0 Å². The Hall–Kier alpha value is -4.33. The molecule has 4 aromatic rings. The number of benzene rings is 2. The van der Waals surface area contributed by atoms with Crippen molar-refractivity contribution in [1.82, 2.24) is 19.9 Å². The van der Waals surface area contributed by atoms with Crippen molar-refractivity contribution in [3.05, 3.63) is 95.2 Å². The van der Waals surface area contributed by atoms with Gasteiger partial charge >= 0.3 is 5.97 Å². The average molecular weight is 483 g/mol. The van der Waals surface area contributed by atoms with Gasteiger partial charge in [0, 0.05) is 35.5 Å². The number of aromatic nitrogens is 3. The minimum Gasteiger partial charge on any atom is -0.489 e. The van der Waals surface area contributed by atoms with Crippen LogP contribution in [-0.2, 0) is 40.3 Å². The van der Waals surface area contributed by atoms with E-state index in [1.807, 2.05) is 61.5 Å². The molecule has 1 amide bonds. The summed E-state index contributed by atoms with van der Waals surface area (Å²) >= 11 is 0. The van der Waals surface area contributed by atoms with Crippen LogP contribution in [0.15, 0.2) is 67.0 Å². The van der Waals surface area contributed by atoms with Crippen molar-refractivity contribution >= 4 is 22.8 Å². The highest BCUT2D eigenvalue weighted by molar-refractivity contribution is 5.86. The van der Waals surface area contributed by atoms with Gasteiger partial charge in [-0.2, -0.15) is 0 Å². The molecule has 0 spiro atoms. The van der Waals surface area contributed by atoms with E-state index in [0.717, 1.165) is 33.4 Å². The number of esters is 1. The lowest BCUT2D eigenvalue weighted by Crippen LogP contribution is -2.50. The number of rotatable bonds is 6. The summed E-state index contributed by atoms with van der Waals surface area (Å²) in [4.78, 5) is 40.3. The maximum absolute atomic E-state index is 13.2. The molecular weight excluding hydrogens is 456 g/mol. The monoisotopic (exact) mass is 482 g/mol. The van der Waals surface area contributed by atoms with Crippen molar-refractivity contribution in [2.24, 2.45) is 0 Å². The van der Waals surface area contributed by atoms with Crippen molar-refractivity contribution in [2.75, 3.05) is 7.11 Å². The van der Waals surface area contributed by atoms with Crippen LogP contribution >= 0.6 is 0 Å². The van der Waals surface area contributed by atoms with E-state index in [2.05, 4.69) is 15.0 Å². The molecule has 2 aromatic carbocycles. The second-order valence-electron chi connectivity index (χ2n) is 8.76. The first kappa shape index (κ1) is 23.4. The molecule has 8 heteroatoms. The maximum atomic E-state index is 13.2. The van der Waals surface area contributed by atoms with Crippen LogP contribution in [0.3, 0.4) is 0 Å². The van der Waals surface area contributed by atoms with Crippen LogP contribution in [0.2, 0.25) is 0 Å². The number of fused-ring (bicyclic) bond motifs is 2. The van der Waals surface area contributed by atoms with Gasteiger partial charge < -0.3 is 14.4 Å². The molecule has 0 bridgehead atoms. The number of para-hydroxylation sites is 1. The van der Waals surface area contributed by atoms with Gasteiger partial charge in [-0.15, -0.1) is 0 Å². The normalized spacial score (nSPS) is 14.8. The molecule has 182 valence electrons. The fourth-order valence-electron chi connectivity index (χ4n) is 4.53. The van der Waals surface area contributed by atoms with Gasteiger partial charge in [-0.1, -0.05) is 30.3 Å². The van der Waals surface area contributed by atoms with Gasteiger partial charge in [0.05, 0.1) is 37.0 Å². The Balaban J connectivity index is 1.26. The molecule has 0 radical (unpaired) electrons. The Morgan fingerprint density at radius 1 is 1.03 bits per heavy atom. The van der Waals surface area contributed by atoms with Crippen LogP contribution in [0.5, 0.6) is 5.75 Å². The van der Waals surface area contributed by atoms with Crippen LogP contribution < -0.4 is 4.74 Å². The van der Waals surface area contributed by atoms with Gasteiger partial charge in [-0.25, -0.2) is 4.79 Å². The number of aryl methyl sites for hydroxylation is 1. The van der Waals surface area contributed by atoms with Gasteiger partial charge in [-0.3, -0.25) is 19.7 Å². The Bertz CT molecular complexity index is 1420. The van der Waals surface area contributed by atoms with Crippen molar-refractivity contribution < 1.29 is 19.1 Å². The third-order valence-electron chi connectivity index (χ3n) is 6.34. The second-order valence-corrected chi connectivity index (χ2v) is 8.76. The van der Waals surface area contributed by atoms with Crippen LogP contribution in [0.25, 0.3) is 10.9 Å². The van der Waals surface area contributed by atoms with E-state index in [4.69, 9.17) is 9.47 Å². The molecular formula is C28H26N4O4. The Morgan fingerprint density at radius 2 is 1.78 bits per heavy atom.